The van der Waals surface area contributed by atoms with Gasteiger partial charge in [-0.3, -0.25) is 9.69 Å². The van der Waals surface area contributed by atoms with Crippen molar-refractivity contribution in [3.63, 3.8) is 0 Å². The number of anilines is 1. The van der Waals surface area contributed by atoms with Crippen molar-refractivity contribution in [3.05, 3.63) is 29.3 Å². The number of piperazine rings is 1. The molecule has 1 aromatic carbocycles. The molecule has 0 bridgehead atoms. The third kappa shape index (κ3) is 3.47. The highest BCUT2D eigenvalue weighted by Gasteiger charge is 2.18. The van der Waals surface area contributed by atoms with Crippen molar-refractivity contribution in [1.29, 1.82) is 0 Å². The second-order valence-electron chi connectivity index (χ2n) is 4.64. The summed E-state index contributed by atoms with van der Waals surface area (Å²) in [7, 11) is 0. The first kappa shape index (κ1) is 13.4. The van der Waals surface area contributed by atoms with E-state index < -0.39 is 0 Å². The van der Waals surface area contributed by atoms with E-state index in [1.54, 1.807) is 0 Å². The van der Waals surface area contributed by atoms with Crippen LogP contribution in [-0.2, 0) is 4.79 Å². The Bertz CT molecular complexity index is 414. The number of carbonyl (C=O) groups excluding carboxylic acids is 1. The molecule has 1 saturated heterocycles. The Hall–Kier alpha value is -1.06. The molecular weight excluding hydrogens is 248 g/mol. The van der Waals surface area contributed by atoms with Gasteiger partial charge in [0.05, 0.1) is 6.54 Å². The zero-order chi connectivity index (χ0) is 13.0. The quantitative estimate of drug-likeness (QED) is 0.836. The fourth-order valence-electron chi connectivity index (χ4n) is 2.20. The monoisotopic (exact) mass is 266 g/mol. The van der Waals surface area contributed by atoms with E-state index in [0.717, 1.165) is 31.2 Å². The van der Waals surface area contributed by atoms with Crippen LogP contribution in [-0.4, -0.2) is 43.4 Å². The van der Waals surface area contributed by atoms with E-state index in [0.29, 0.717) is 18.7 Å². The Morgan fingerprint density at radius 3 is 2.61 bits per heavy atom. The van der Waals surface area contributed by atoms with E-state index in [2.05, 4.69) is 15.9 Å². The third-order valence-electron chi connectivity index (χ3n) is 3.34. The van der Waals surface area contributed by atoms with Gasteiger partial charge >= 0.3 is 0 Å². The molecule has 1 aromatic rings. The summed E-state index contributed by atoms with van der Waals surface area (Å²) in [5, 5.41) is 0.774. The Labute approximate surface area is 113 Å². The van der Waals surface area contributed by atoms with Gasteiger partial charge in [-0.2, -0.15) is 0 Å². The van der Waals surface area contributed by atoms with Crippen molar-refractivity contribution in [1.82, 2.24) is 4.90 Å². The molecule has 0 radical (unpaired) electrons. The zero-order valence-corrected chi connectivity index (χ0v) is 11.5. The fourth-order valence-corrected chi connectivity index (χ4v) is 2.38. The number of hydrogen-bond donors (Lipinski definition) is 0. The first-order valence-corrected chi connectivity index (χ1v) is 6.81. The predicted molar refractivity (Wildman–Crippen MR) is 75.4 cm³/mol. The molecule has 1 aliphatic heterocycles. The number of Topliss-reactive ketones (excluding diaryl/α,β-unsaturated/α-hetero) is 1. The average molecular weight is 267 g/mol. The molecule has 0 saturated carbocycles. The standard InChI is InChI=1S/C14H19ClN2O/c1-2-14(18)11-16-6-8-17(9-7-16)13-5-3-4-12(15)10-13/h3-5,10H,2,6-9,11H2,1H3. The number of hydrogen-bond acceptors (Lipinski definition) is 3. The summed E-state index contributed by atoms with van der Waals surface area (Å²) in [4.78, 5) is 16.0. The van der Waals surface area contributed by atoms with Crippen LogP contribution in [0.2, 0.25) is 5.02 Å². The van der Waals surface area contributed by atoms with Crippen LogP contribution in [0.3, 0.4) is 0 Å². The maximum absolute atomic E-state index is 11.4. The molecule has 98 valence electrons. The number of benzene rings is 1. The molecule has 1 heterocycles. The van der Waals surface area contributed by atoms with E-state index >= 15 is 0 Å². The van der Waals surface area contributed by atoms with Crippen LogP contribution in [0.15, 0.2) is 24.3 Å². The van der Waals surface area contributed by atoms with Gasteiger partial charge in [0.1, 0.15) is 5.78 Å². The normalized spacial score (nSPS) is 16.9. The lowest BCUT2D eigenvalue weighted by atomic mass is 10.2. The van der Waals surface area contributed by atoms with Gasteiger partial charge in [-0.05, 0) is 18.2 Å². The van der Waals surface area contributed by atoms with E-state index in [-0.39, 0.29) is 0 Å². The van der Waals surface area contributed by atoms with Gasteiger partial charge in [0.25, 0.3) is 0 Å². The van der Waals surface area contributed by atoms with Gasteiger partial charge in [-0.15, -0.1) is 0 Å². The number of carbonyl (C=O) groups is 1. The maximum atomic E-state index is 11.4. The summed E-state index contributed by atoms with van der Waals surface area (Å²) in [5.41, 5.74) is 1.17. The SMILES string of the molecule is CCC(=O)CN1CCN(c2cccc(Cl)c2)CC1. The second-order valence-corrected chi connectivity index (χ2v) is 5.07. The van der Waals surface area contributed by atoms with E-state index in [1.807, 2.05) is 25.1 Å². The fraction of sp³-hybridized carbons (Fsp3) is 0.500. The van der Waals surface area contributed by atoms with Gasteiger partial charge in [0.15, 0.2) is 0 Å². The van der Waals surface area contributed by atoms with Gasteiger partial charge in [-0.1, -0.05) is 24.6 Å². The molecule has 1 fully saturated rings. The summed E-state index contributed by atoms with van der Waals surface area (Å²) >= 11 is 6.00. The van der Waals surface area contributed by atoms with Crippen LogP contribution in [0.1, 0.15) is 13.3 Å². The first-order chi connectivity index (χ1) is 8.69. The van der Waals surface area contributed by atoms with Crippen LogP contribution in [0.4, 0.5) is 5.69 Å². The van der Waals surface area contributed by atoms with Crippen molar-refractivity contribution < 1.29 is 4.79 Å². The Balaban J connectivity index is 1.88. The van der Waals surface area contributed by atoms with Gasteiger partial charge in [0, 0.05) is 43.3 Å². The molecule has 0 aromatic heterocycles. The van der Waals surface area contributed by atoms with Crippen molar-refractivity contribution >= 4 is 23.1 Å². The summed E-state index contributed by atoms with van der Waals surface area (Å²) < 4.78 is 0. The molecule has 4 heteroatoms. The first-order valence-electron chi connectivity index (χ1n) is 6.43. The molecular formula is C14H19ClN2O. The summed E-state index contributed by atoms with van der Waals surface area (Å²) in [6.45, 7) is 6.32. The highest BCUT2D eigenvalue weighted by Crippen LogP contribution is 2.20. The topological polar surface area (TPSA) is 23.6 Å². The van der Waals surface area contributed by atoms with Crippen molar-refractivity contribution in [3.8, 4) is 0 Å². The molecule has 0 atom stereocenters. The number of rotatable bonds is 4. The van der Waals surface area contributed by atoms with Crippen LogP contribution in [0.25, 0.3) is 0 Å². The Kier molecular flexibility index (Phi) is 4.61. The highest BCUT2D eigenvalue weighted by molar-refractivity contribution is 6.30. The summed E-state index contributed by atoms with van der Waals surface area (Å²) in [6, 6.07) is 7.94. The Morgan fingerprint density at radius 2 is 2.00 bits per heavy atom. The van der Waals surface area contributed by atoms with Crippen molar-refractivity contribution in [2.24, 2.45) is 0 Å². The summed E-state index contributed by atoms with van der Waals surface area (Å²) in [6.07, 6.45) is 0.633. The van der Waals surface area contributed by atoms with E-state index in [4.69, 9.17) is 11.6 Å². The van der Waals surface area contributed by atoms with Crippen LogP contribution in [0, 0.1) is 0 Å². The molecule has 1 aliphatic rings. The van der Waals surface area contributed by atoms with E-state index in [9.17, 15) is 4.79 Å². The third-order valence-corrected chi connectivity index (χ3v) is 3.58. The van der Waals surface area contributed by atoms with E-state index in [1.165, 1.54) is 5.69 Å². The molecule has 2 rings (SSSR count). The molecule has 3 nitrogen and oxygen atoms in total. The molecule has 0 N–H and O–H groups in total. The smallest absolute Gasteiger partial charge is 0.146 e. The highest BCUT2D eigenvalue weighted by atomic mass is 35.5. The predicted octanol–water partition coefficient (Wildman–Crippen LogP) is 2.44. The van der Waals surface area contributed by atoms with Gasteiger partial charge < -0.3 is 4.90 Å². The van der Waals surface area contributed by atoms with Gasteiger partial charge in [-0.25, -0.2) is 0 Å². The van der Waals surface area contributed by atoms with Crippen LogP contribution in [0.5, 0.6) is 0 Å². The minimum absolute atomic E-state index is 0.325. The van der Waals surface area contributed by atoms with Gasteiger partial charge in [0.2, 0.25) is 0 Å². The average Bonchev–Trinajstić information content (AvgIpc) is 2.39. The maximum Gasteiger partial charge on any atom is 0.146 e. The molecule has 0 spiro atoms. The van der Waals surface area contributed by atoms with Crippen molar-refractivity contribution in [2.75, 3.05) is 37.6 Å². The summed E-state index contributed by atoms with van der Waals surface area (Å²) in [5.74, 6) is 0.325. The van der Waals surface area contributed by atoms with Crippen LogP contribution < -0.4 is 4.90 Å². The molecule has 0 unspecified atom stereocenters. The van der Waals surface area contributed by atoms with Crippen LogP contribution >= 0.6 is 11.6 Å². The molecule has 18 heavy (non-hydrogen) atoms. The zero-order valence-electron chi connectivity index (χ0n) is 10.7. The Morgan fingerprint density at radius 1 is 1.28 bits per heavy atom. The largest absolute Gasteiger partial charge is 0.369 e. The lowest BCUT2D eigenvalue weighted by molar-refractivity contribution is -0.119. The molecule has 0 aliphatic carbocycles. The minimum Gasteiger partial charge on any atom is -0.369 e. The van der Waals surface area contributed by atoms with Crippen molar-refractivity contribution in [2.45, 2.75) is 13.3 Å². The lowest BCUT2D eigenvalue weighted by Gasteiger charge is -2.35. The lowest BCUT2D eigenvalue weighted by Crippen LogP contribution is -2.47. The number of halogens is 1. The second kappa shape index (κ2) is 6.21. The minimum atomic E-state index is 0.325. The molecule has 0 amide bonds. The number of nitrogens with zero attached hydrogens (tertiary/aromatic N) is 2. The number of ketones is 1.